The quantitative estimate of drug-likeness (QED) is 0.569. The van der Waals surface area contributed by atoms with Gasteiger partial charge in [0.1, 0.15) is 0 Å². The first-order valence-corrected chi connectivity index (χ1v) is 11.0. The summed E-state index contributed by atoms with van der Waals surface area (Å²) in [5, 5.41) is 2.80. The lowest BCUT2D eigenvalue weighted by Crippen LogP contribution is -2.16. The zero-order chi connectivity index (χ0) is 22.6. The number of hydrogen-bond donors (Lipinski definition) is 2. The first-order valence-electron chi connectivity index (χ1n) is 9.47. The number of sulfonamides is 1. The minimum absolute atomic E-state index is 0.00948. The molecule has 31 heavy (non-hydrogen) atoms. The molecule has 0 fully saturated rings. The van der Waals surface area contributed by atoms with Crippen molar-refractivity contribution in [1.29, 1.82) is 0 Å². The summed E-state index contributed by atoms with van der Waals surface area (Å²) >= 11 is 0. The molecule has 3 rings (SSSR count). The van der Waals surface area contributed by atoms with E-state index in [1.165, 1.54) is 32.4 Å². The van der Waals surface area contributed by atoms with Gasteiger partial charge in [-0.05, 0) is 55.8 Å². The number of hydrogen-bond acceptors (Lipinski definition) is 5. The molecule has 0 aliphatic rings. The lowest BCUT2D eigenvalue weighted by Gasteiger charge is -2.14. The van der Waals surface area contributed by atoms with Crippen molar-refractivity contribution in [2.75, 3.05) is 24.3 Å². The first-order chi connectivity index (χ1) is 14.7. The summed E-state index contributed by atoms with van der Waals surface area (Å²) in [6.45, 7) is 3.74. The Labute approximate surface area is 182 Å². The van der Waals surface area contributed by atoms with Crippen LogP contribution >= 0.6 is 0 Å². The van der Waals surface area contributed by atoms with Gasteiger partial charge in [-0.3, -0.25) is 9.52 Å². The standard InChI is InChI=1S/C23H24N2O5S/c1-15-8-10-18(11-9-15)25-31(27,28)19-7-5-6-17(13-19)23(26)24-20-14-22(30-4)21(29-3)12-16(20)2/h5-14,25H,1-4H3,(H,24,26). The Morgan fingerprint density at radius 2 is 1.52 bits per heavy atom. The van der Waals surface area contributed by atoms with Crippen molar-refractivity contribution in [1.82, 2.24) is 0 Å². The van der Waals surface area contributed by atoms with Gasteiger partial charge in [0, 0.05) is 23.0 Å². The van der Waals surface area contributed by atoms with Gasteiger partial charge in [-0.2, -0.15) is 0 Å². The van der Waals surface area contributed by atoms with Crippen molar-refractivity contribution in [3.05, 3.63) is 77.4 Å². The van der Waals surface area contributed by atoms with Crippen molar-refractivity contribution in [3.63, 3.8) is 0 Å². The van der Waals surface area contributed by atoms with Crippen LogP contribution in [0, 0.1) is 13.8 Å². The Hall–Kier alpha value is -3.52. The van der Waals surface area contributed by atoms with Crippen LogP contribution in [-0.2, 0) is 10.0 Å². The molecule has 8 heteroatoms. The van der Waals surface area contributed by atoms with Crippen molar-refractivity contribution < 1.29 is 22.7 Å². The van der Waals surface area contributed by atoms with Gasteiger partial charge in [-0.15, -0.1) is 0 Å². The number of benzene rings is 3. The van der Waals surface area contributed by atoms with E-state index in [1.54, 1.807) is 30.3 Å². The van der Waals surface area contributed by atoms with E-state index in [1.807, 2.05) is 26.0 Å². The van der Waals surface area contributed by atoms with Crippen LogP contribution in [-0.4, -0.2) is 28.5 Å². The number of rotatable bonds is 7. The SMILES string of the molecule is COc1cc(C)c(NC(=O)c2cccc(S(=O)(=O)Nc3ccc(C)cc3)c2)cc1OC. The molecule has 162 valence electrons. The molecule has 0 unspecified atom stereocenters. The average Bonchev–Trinajstić information content (AvgIpc) is 2.76. The fourth-order valence-electron chi connectivity index (χ4n) is 2.95. The molecule has 0 saturated heterocycles. The van der Waals surface area contributed by atoms with E-state index < -0.39 is 15.9 Å². The van der Waals surface area contributed by atoms with Crippen molar-refractivity contribution >= 4 is 27.3 Å². The van der Waals surface area contributed by atoms with Crippen molar-refractivity contribution in [3.8, 4) is 11.5 Å². The Bertz CT molecular complexity index is 1210. The zero-order valence-electron chi connectivity index (χ0n) is 17.7. The van der Waals surface area contributed by atoms with Crippen LogP contribution in [0.3, 0.4) is 0 Å². The second-order valence-corrected chi connectivity index (χ2v) is 8.66. The van der Waals surface area contributed by atoms with Gasteiger partial charge in [0.05, 0.1) is 19.1 Å². The summed E-state index contributed by atoms with van der Waals surface area (Å²) < 4.78 is 38.6. The number of carbonyl (C=O) groups excluding carboxylic acids is 1. The van der Waals surface area contributed by atoms with Crippen LogP contribution in [0.15, 0.2) is 65.6 Å². The Morgan fingerprint density at radius 3 is 2.16 bits per heavy atom. The maximum absolute atomic E-state index is 12.8. The number of amides is 1. The maximum Gasteiger partial charge on any atom is 0.261 e. The summed E-state index contributed by atoms with van der Waals surface area (Å²) in [6.07, 6.45) is 0. The number of nitrogens with one attached hydrogen (secondary N) is 2. The van der Waals surface area contributed by atoms with Crippen molar-refractivity contribution in [2.24, 2.45) is 0 Å². The molecular weight excluding hydrogens is 416 g/mol. The fourth-order valence-corrected chi connectivity index (χ4v) is 4.05. The highest BCUT2D eigenvalue weighted by Gasteiger charge is 2.18. The third-order valence-electron chi connectivity index (χ3n) is 4.69. The van der Waals surface area contributed by atoms with Crippen LogP contribution in [0.1, 0.15) is 21.5 Å². The normalized spacial score (nSPS) is 11.0. The van der Waals surface area contributed by atoms with E-state index >= 15 is 0 Å². The molecule has 0 aromatic heterocycles. The predicted octanol–water partition coefficient (Wildman–Crippen LogP) is 4.37. The lowest BCUT2D eigenvalue weighted by molar-refractivity contribution is 0.102. The Balaban J connectivity index is 1.84. The molecule has 2 N–H and O–H groups in total. The second-order valence-electron chi connectivity index (χ2n) is 6.98. The molecule has 0 bridgehead atoms. The smallest absolute Gasteiger partial charge is 0.261 e. The minimum atomic E-state index is -3.85. The van der Waals surface area contributed by atoms with E-state index in [0.717, 1.165) is 11.1 Å². The summed E-state index contributed by atoms with van der Waals surface area (Å²) in [5.41, 5.74) is 2.99. The lowest BCUT2D eigenvalue weighted by atomic mass is 10.1. The Morgan fingerprint density at radius 1 is 0.871 bits per heavy atom. The molecule has 0 atom stereocenters. The zero-order valence-corrected chi connectivity index (χ0v) is 18.5. The monoisotopic (exact) mass is 440 g/mol. The summed E-state index contributed by atoms with van der Waals surface area (Å²) in [7, 11) is -0.807. The molecule has 3 aromatic rings. The molecule has 0 aliphatic carbocycles. The average molecular weight is 441 g/mol. The van der Waals surface area contributed by atoms with Crippen molar-refractivity contribution in [2.45, 2.75) is 18.7 Å². The van der Waals surface area contributed by atoms with E-state index in [4.69, 9.17) is 9.47 Å². The molecule has 0 aliphatic heterocycles. The molecular formula is C23H24N2O5S. The number of ether oxygens (including phenoxy) is 2. The molecule has 0 saturated carbocycles. The van der Waals surface area contributed by atoms with E-state index in [9.17, 15) is 13.2 Å². The fraction of sp³-hybridized carbons (Fsp3) is 0.174. The largest absolute Gasteiger partial charge is 0.493 e. The highest BCUT2D eigenvalue weighted by Crippen LogP contribution is 2.33. The van der Waals surface area contributed by atoms with E-state index in [-0.39, 0.29) is 10.5 Å². The third-order valence-corrected chi connectivity index (χ3v) is 6.07. The van der Waals surface area contributed by atoms with Gasteiger partial charge >= 0.3 is 0 Å². The maximum atomic E-state index is 12.8. The Kier molecular flexibility index (Phi) is 6.50. The minimum Gasteiger partial charge on any atom is -0.493 e. The number of aryl methyl sites for hydroxylation is 2. The van der Waals surface area contributed by atoms with Crippen LogP contribution in [0.2, 0.25) is 0 Å². The van der Waals surface area contributed by atoms with Gasteiger partial charge in [0.15, 0.2) is 11.5 Å². The molecule has 0 spiro atoms. The van der Waals surface area contributed by atoms with E-state index in [2.05, 4.69) is 10.0 Å². The number of carbonyl (C=O) groups is 1. The number of anilines is 2. The third kappa shape index (κ3) is 5.16. The van der Waals surface area contributed by atoms with Gasteiger partial charge in [0.2, 0.25) is 0 Å². The topological polar surface area (TPSA) is 93.7 Å². The van der Waals surface area contributed by atoms with Crippen LogP contribution in [0.25, 0.3) is 0 Å². The predicted molar refractivity (Wildman–Crippen MR) is 121 cm³/mol. The molecule has 3 aromatic carbocycles. The van der Waals surface area contributed by atoms with Gasteiger partial charge < -0.3 is 14.8 Å². The van der Waals surface area contributed by atoms with Gasteiger partial charge in [-0.25, -0.2) is 8.42 Å². The van der Waals surface area contributed by atoms with Crippen LogP contribution < -0.4 is 19.5 Å². The summed E-state index contributed by atoms with van der Waals surface area (Å²) in [4.78, 5) is 12.8. The summed E-state index contributed by atoms with van der Waals surface area (Å²) in [6, 6.07) is 16.3. The second kappa shape index (κ2) is 9.09. The van der Waals surface area contributed by atoms with Crippen LogP contribution in [0.5, 0.6) is 11.5 Å². The molecule has 0 radical (unpaired) electrons. The van der Waals surface area contributed by atoms with Crippen LogP contribution in [0.4, 0.5) is 11.4 Å². The first kappa shape index (κ1) is 22.2. The van der Waals surface area contributed by atoms with E-state index in [0.29, 0.717) is 22.9 Å². The molecule has 0 heterocycles. The highest BCUT2D eigenvalue weighted by atomic mass is 32.2. The highest BCUT2D eigenvalue weighted by molar-refractivity contribution is 7.92. The summed E-state index contributed by atoms with van der Waals surface area (Å²) in [5.74, 6) is 0.581. The molecule has 1 amide bonds. The van der Waals surface area contributed by atoms with Gasteiger partial charge in [0.25, 0.3) is 15.9 Å². The van der Waals surface area contributed by atoms with Gasteiger partial charge in [-0.1, -0.05) is 23.8 Å². The molecule has 7 nitrogen and oxygen atoms in total. The number of methoxy groups -OCH3 is 2.